The molecule has 0 radical (unpaired) electrons. The van der Waals surface area contributed by atoms with Crippen LogP contribution in [0.3, 0.4) is 0 Å². The molecule has 1 saturated heterocycles. The highest BCUT2D eigenvalue weighted by molar-refractivity contribution is 7.89. The van der Waals surface area contributed by atoms with Crippen LogP contribution in [0, 0.1) is 0 Å². The van der Waals surface area contributed by atoms with E-state index in [1.165, 1.54) is 16.4 Å². The first-order valence-corrected chi connectivity index (χ1v) is 11.5. The van der Waals surface area contributed by atoms with Crippen LogP contribution in [0.2, 0.25) is 0 Å². The van der Waals surface area contributed by atoms with Crippen molar-refractivity contribution in [2.45, 2.75) is 62.2 Å². The summed E-state index contributed by atoms with van der Waals surface area (Å²) in [5.74, 6) is 0.824. The molecule has 0 N–H and O–H groups in total. The van der Waals surface area contributed by atoms with Crippen LogP contribution in [0.1, 0.15) is 49.7 Å². The molecule has 2 aromatic rings. The molecule has 0 amide bonds. The van der Waals surface area contributed by atoms with Crippen molar-refractivity contribution in [2.24, 2.45) is 0 Å². The second-order valence-electron chi connectivity index (χ2n) is 7.63. The lowest BCUT2D eigenvalue weighted by Gasteiger charge is -2.32. The van der Waals surface area contributed by atoms with Gasteiger partial charge in [0.1, 0.15) is 22.3 Å². The summed E-state index contributed by atoms with van der Waals surface area (Å²) in [4.78, 5) is -0.483. The Bertz CT molecular complexity index is 1010. The average molecular weight is 444 g/mol. The summed E-state index contributed by atoms with van der Waals surface area (Å²) in [6.07, 6.45) is 0.413. The summed E-state index contributed by atoms with van der Waals surface area (Å²) in [5, 5.41) is 8.63. The standard InChI is InChI=1S/C19H23F3N4O3S/c20-19(21,22)29-15-8-3-4-9-16(15)30(27,28)25-11-6-7-14(13-25)18-24-23-17-10-2-1-5-12-26(17)18/h3-4,8-9,14H,1-2,5-7,10-13H2. The molecule has 4 rings (SSSR count). The number of fused-ring (bicyclic) bond motifs is 1. The highest BCUT2D eigenvalue weighted by atomic mass is 32.2. The summed E-state index contributed by atoms with van der Waals surface area (Å²) in [5.41, 5.74) is 0. The van der Waals surface area contributed by atoms with Gasteiger partial charge in [-0.2, -0.15) is 4.31 Å². The number of hydrogen-bond donors (Lipinski definition) is 0. The van der Waals surface area contributed by atoms with E-state index in [1.807, 2.05) is 0 Å². The van der Waals surface area contributed by atoms with Crippen molar-refractivity contribution in [3.05, 3.63) is 35.9 Å². The minimum Gasteiger partial charge on any atom is -0.404 e. The third-order valence-corrected chi connectivity index (χ3v) is 7.48. The maximum Gasteiger partial charge on any atom is 0.573 e. The predicted molar refractivity (Wildman–Crippen MR) is 101 cm³/mol. The summed E-state index contributed by atoms with van der Waals surface area (Å²) in [6, 6.07) is 4.85. The van der Waals surface area contributed by atoms with E-state index >= 15 is 0 Å². The third kappa shape index (κ3) is 4.31. The van der Waals surface area contributed by atoms with Crippen molar-refractivity contribution in [1.29, 1.82) is 0 Å². The van der Waals surface area contributed by atoms with Gasteiger partial charge in [0.15, 0.2) is 0 Å². The highest BCUT2D eigenvalue weighted by Gasteiger charge is 2.38. The van der Waals surface area contributed by atoms with E-state index in [4.69, 9.17) is 0 Å². The van der Waals surface area contributed by atoms with Gasteiger partial charge in [-0.15, -0.1) is 23.4 Å². The molecule has 0 spiro atoms. The van der Waals surface area contributed by atoms with Gasteiger partial charge in [-0.3, -0.25) is 0 Å². The van der Waals surface area contributed by atoms with E-state index in [2.05, 4.69) is 19.5 Å². The van der Waals surface area contributed by atoms with Gasteiger partial charge in [0.05, 0.1) is 0 Å². The minimum atomic E-state index is -4.98. The molecule has 1 atom stereocenters. The van der Waals surface area contributed by atoms with E-state index in [9.17, 15) is 21.6 Å². The van der Waals surface area contributed by atoms with Gasteiger partial charge in [0, 0.05) is 32.0 Å². The Hall–Kier alpha value is -2.14. The Labute approximate surface area is 172 Å². The van der Waals surface area contributed by atoms with Crippen LogP contribution < -0.4 is 4.74 Å². The van der Waals surface area contributed by atoms with Crippen molar-refractivity contribution in [2.75, 3.05) is 13.1 Å². The summed E-state index contributed by atoms with van der Waals surface area (Å²) < 4.78 is 71.9. The lowest BCUT2D eigenvalue weighted by molar-refractivity contribution is -0.275. The molecule has 1 unspecified atom stereocenters. The average Bonchev–Trinajstić information content (AvgIpc) is 2.95. The van der Waals surface area contributed by atoms with Crippen molar-refractivity contribution in [3.8, 4) is 5.75 Å². The van der Waals surface area contributed by atoms with Crippen LogP contribution in [0.5, 0.6) is 5.75 Å². The minimum absolute atomic E-state index is 0.149. The third-order valence-electron chi connectivity index (χ3n) is 5.58. The molecule has 0 bridgehead atoms. The fraction of sp³-hybridized carbons (Fsp3) is 0.579. The van der Waals surface area contributed by atoms with E-state index in [-0.39, 0.29) is 19.0 Å². The maximum absolute atomic E-state index is 13.2. The van der Waals surface area contributed by atoms with Crippen molar-refractivity contribution < 1.29 is 26.3 Å². The van der Waals surface area contributed by atoms with Crippen LogP contribution in [0.4, 0.5) is 13.2 Å². The van der Waals surface area contributed by atoms with Gasteiger partial charge in [-0.1, -0.05) is 18.6 Å². The molecule has 0 saturated carbocycles. The molecular formula is C19H23F3N4O3S. The van der Waals surface area contributed by atoms with Crippen molar-refractivity contribution in [3.63, 3.8) is 0 Å². The molecule has 1 fully saturated rings. The van der Waals surface area contributed by atoms with Gasteiger partial charge in [0.25, 0.3) is 0 Å². The Morgan fingerprint density at radius 2 is 1.83 bits per heavy atom. The number of nitrogens with zero attached hydrogens (tertiary/aromatic N) is 4. The number of piperidine rings is 1. The predicted octanol–water partition coefficient (Wildman–Crippen LogP) is 3.47. The number of para-hydroxylation sites is 1. The molecule has 2 aliphatic heterocycles. The number of alkyl halides is 3. The first kappa shape index (κ1) is 21.1. The molecule has 11 heteroatoms. The van der Waals surface area contributed by atoms with Crippen LogP contribution in [-0.2, 0) is 23.0 Å². The molecule has 2 aliphatic rings. The summed E-state index contributed by atoms with van der Waals surface area (Å²) >= 11 is 0. The largest absolute Gasteiger partial charge is 0.573 e. The number of aromatic nitrogens is 3. The van der Waals surface area contributed by atoms with E-state index in [1.54, 1.807) is 0 Å². The van der Waals surface area contributed by atoms with Crippen LogP contribution in [0.15, 0.2) is 29.2 Å². The number of benzene rings is 1. The lowest BCUT2D eigenvalue weighted by atomic mass is 9.99. The molecule has 1 aromatic heterocycles. The zero-order valence-corrected chi connectivity index (χ0v) is 17.1. The van der Waals surface area contributed by atoms with Crippen LogP contribution in [-0.4, -0.2) is 46.9 Å². The van der Waals surface area contributed by atoms with Gasteiger partial charge in [-0.05, 0) is 37.8 Å². The fourth-order valence-electron chi connectivity index (χ4n) is 4.19. The lowest BCUT2D eigenvalue weighted by Crippen LogP contribution is -2.40. The summed E-state index contributed by atoms with van der Waals surface area (Å²) in [7, 11) is -4.17. The molecule has 7 nitrogen and oxygen atoms in total. The highest BCUT2D eigenvalue weighted by Crippen LogP contribution is 2.35. The number of aryl methyl sites for hydroxylation is 1. The molecule has 3 heterocycles. The first-order valence-electron chi connectivity index (χ1n) is 10.0. The van der Waals surface area contributed by atoms with Crippen LogP contribution >= 0.6 is 0 Å². The Balaban J connectivity index is 1.60. The second kappa shape index (κ2) is 8.18. The molecule has 30 heavy (non-hydrogen) atoms. The van der Waals surface area contributed by atoms with Crippen molar-refractivity contribution in [1.82, 2.24) is 19.1 Å². The van der Waals surface area contributed by atoms with E-state index in [0.717, 1.165) is 62.4 Å². The fourth-order valence-corrected chi connectivity index (χ4v) is 5.83. The van der Waals surface area contributed by atoms with Crippen LogP contribution in [0.25, 0.3) is 0 Å². The summed E-state index contributed by atoms with van der Waals surface area (Å²) in [6.45, 7) is 1.20. The van der Waals surface area contributed by atoms with Crippen molar-refractivity contribution >= 4 is 10.0 Å². The zero-order chi connectivity index (χ0) is 21.4. The maximum atomic E-state index is 13.2. The SMILES string of the molecule is O=S(=O)(c1ccccc1OC(F)(F)F)N1CCCC(c2nnc3n2CCCCC3)C1. The second-order valence-corrected chi connectivity index (χ2v) is 9.54. The Morgan fingerprint density at radius 1 is 1.03 bits per heavy atom. The van der Waals surface area contributed by atoms with E-state index < -0.39 is 27.0 Å². The quantitative estimate of drug-likeness (QED) is 0.722. The Kier molecular flexibility index (Phi) is 5.75. The van der Waals surface area contributed by atoms with Gasteiger partial charge < -0.3 is 9.30 Å². The number of halogens is 3. The smallest absolute Gasteiger partial charge is 0.404 e. The normalized spacial score (nSPS) is 21.1. The number of hydrogen-bond acceptors (Lipinski definition) is 5. The topological polar surface area (TPSA) is 77.3 Å². The van der Waals surface area contributed by atoms with Gasteiger partial charge in [-0.25, -0.2) is 8.42 Å². The van der Waals surface area contributed by atoms with Gasteiger partial charge >= 0.3 is 6.36 Å². The van der Waals surface area contributed by atoms with Gasteiger partial charge in [0.2, 0.25) is 10.0 Å². The first-order chi connectivity index (χ1) is 14.3. The molecule has 0 aliphatic carbocycles. The molecule has 1 aromatic carbocycles. The molecule has 164 valence electrons. The number of rotatable bonds is 4. The monoisotopic (exact) mass is 444 g/mol. The zero-order valence-electron chi connectivity index (χ0n) is 16.3. The van der Waals surface area contributed by atoms with E-state index in [0.29, 0.717) is 6.42 Å². The number of sulfonamides is 1. The molecular weight excluding hydrogens is 421 g/mol. The Morgan fingerprint density at radius 3 is 2.63 bits per heavy atom. The number of ether oxygens (including phenoxy) is 1.